The summed E-state index contributed by atoms with van der Waals surface area (Å²) in [4.78, 5) is 42.6. The minimum atomic E-state index is -0.398. The van der Waals surface area contributed by atoms with Crippen molar-refractivity contribution < 1.29 is 14.4 Å². The number of carbonyl (C=O) groups is 3. The summed E-state index contributed by atoms with van der Waals surface area (Å²) in [5, 5.41) is 3.14. The van der Waals surface area contributed by atoms with Gasteiger partial charge >= 0.3 is 0 Å². The molecule has 9 heteroatoms. The van der Waals surface area contributed by atoms with Crippen LogP contribution in [0.2, 0.25) is 5.02 Å². The van der Waals surface area contributed by atoms with Gasteiger partial charge in [0.2, 0.25) is 5.91 Å². The Hall–Kier alpha value is -2.68. The van der Waals surface area contributed by atoms with Gasteiger partial charge in [-0.15, -0.1) is 0 Å². The van der Waals surface area contributed by atoms with Crippen molar-refractivity contribution >= 4 is 74.6 Å². The molecule has 6 nitrogen and oxygen atoms in total. The Bertz CT molecular complexity index is 1180. The average molecular weight is 486 g/mol. The monoisotopic (exact) mass is 485 g/mol. The quantitative estimate of drug-likeness (QED) is 0.491. The van der Waals surface area contributed by atoms with E-state index in [1.165, 1.54) is 4.90 Å². The van der Waals surface area contributed by atoms with Gasteiger partial charge in [0.25, 0.3) is 11.8 Å². The third kappa shape index (κ3) is 3.94. The number of hydrogen-bond donors (Lipinski definition) is 1. The van der Waals surface area contributed by atoms with E-state index in [0.717, 1.165) is 18.2 Å². The number of thiocarbonyl (C=S) groups is 1. The fourth-order valence-corrected chi connectivity index (χ4v) is 5.36. The van der Waals surface area contributed by atoms with Crippen molar-refractivity contribution in [2.24, 2.45) is 0 Å². The average Bonchev–Trinajstić information content (AvgIpc) is 3.21. The van der Waals surface area contributed by atoms with Crippen LogP contribution in [0.1, 0.15) is 25.8 Å². The maximum Gasteiger partial charge on any atom is 0.267 e. The van der Waals surface area contributed by atoms with Crippen molar-refractivity contribution in [2.75, 3.05) is 16.8 Å². The molecule has 0 saturated carbocycles. The van der Waals surface area contributed by atoms with Crippen LogP contribution in [0.4, 0.5) is 11.4 Å². The van der Waals surface area contributed by atoms with Crippen molar-refractivity contribution in [3.8, 4) is 0 Å². The number of anilines is 2. The number of nitrogens with zero attached hydrogens (tertiary/aromatic N) is 2. The van der Waals surface area contributed by atoms with E-state index >= 15 is 0 Å². The van der Waals surface area contributed by atoms with Gasteiger partial charge in [-0.05, 0) is 31.5 Å². The van der Waals surface area contributed by atoms with Crippen LogP contribution in [0.15, 0.2) is 53.4 Å². The highest BCUT2D eigenvalue weighted by atomic mass is 35.5. The maximum absolute atomic E-state index is 13.4. The third-order valence-electron chi connectivity index (χ3n) is 5.43. The SMILES string of the molecule is CCC(C)N1C(=O)C(=C2C(=O)N(CC(=O)Nc3ccccc3Cl)c3ccccc32)SC1=S. The third-order valence-corrected chi connectivity index (χ3v) is 7.16. The van der Waals surface area contributed by atoms with E-state index in [-0.39, 0.29) is 24.1 Å². The summed E-state index contributed by atoms with van der Waals surface area (Å²) in [6.07, 6.45) is 0.744. The van der Waals surface area contributed by atoms with Crippen LogP contribution in [0.25, 0.3) is 5.57 Å². The molecular formula is C23H20ClN3O3S2. The number of halogens is 1. The summed E-state index contributed by atoms with van der Waals surface area (Å²) < 4.78 is 0.437. The van der Waals surface area contributed by atoms with E-state index in [4.69, 9.17) is 23.8 Å². The number of para-hydroxylation sites is 2. The molecular weight excluding hydrogens is 466 g/mol. The molecule has 32 heavy (non-hydrogen) atoms. The van der Waals surface area contributed by atoms with E-state index in [2.05, 4.69) is 5.32 Å². The van der Waals surface area contributed by atoms with Crippen molar-refractivity contribution in [1.29, 1.82) is 0 Å². The van der Waals surface area contributed by atoms with Gasteiger partial charge in [0.1, 0.15) is 10.9 Å². The Morgan fingerprint density at radius 1 is 1.12 bits per heavy atom. The molecule has 1 unspecified atom stereocenters. The predicted molar refractivity (Wildman–Crippen MR) is 133 cm³/mol. The van der Waals surface area contributed by atoms with Crippen LogP contribution in [0.5, 0.6) is 0 Å². The molecule has 4 rings (SSSR count). The fraction of sp³-hybridized carbons (Fsp3) is 0.217. The number of nitrogens with one attached hydrogen (secondary N) is 1. The first kappa shape index (κ1) is 22.5. The van der Waals surface area contributed by atoms with Gasteiger partial charge in [0, 0.05) is 11.6 Å². The summed E-state index contributed by atoms with van der Waals surface area (Å²) in [5.74, 6) is -1.06. The second kappa shape index (κ2) is 9.05. The second-order valence-electron chi connectivity index (χ2n) is 7.44. The first-order valence-corrected chi connectivity index (χ1v) is 11.7. The Morgan fingerprint density at radius 2 is 1.81 bits per heavy atom. The van der Waals surface area contributed by atoms with Crippen LogP contribution in [0, 0.1) is 0 Å². The van der Waals surface area contributed by atoms with Crippen molar-refractivity contribution in [3.63, 3.8) is 0 Å². The standard InChI is InChI=1S/C23H20ClN3O3S2/c1-3-13(2)27-22(30)20(32-23(27)31)19-14-8-4-7-11-17(14)26(21(19)29)12-18(28)25-16-10-6-5-9-15(16)24/h4-11,13H,3,12H2,1-2H3,(H,25,28). The van der Waals surface area contributed by atoms with Gasteiger partial charge in [-0.1, -0.05) is 72.8 Å². The first-order chi connectivity index (χ1) is 15.3. The number of hydrogen-bond acceptors (Lipinski definition) is 5. The highest BCUT2D eigenvalue weighted by molar-refractivity contribution is 8.26. The molecule has 1 N–H and O–H groups in total. The van der Waals surface area contributed by atoms with Crippen LogP contribution >= 0.6 is 35.6 Å². The number of carbonyl (C=O) groups excluding carboxylic acids is 3. The number of fused-ring (bicyclic) bond motifs is 1. The molecule has 2 aromatic rings. The van der Waals surface area contributed by atoms with Gasteiger partial charge < -0.3 is 5.32 Å². The molecule has 3 amide bonds. The van der Waals surface area contributed by atoms with Gasteiger partial charge in [-0.25, -0.2) is 0 Å². The van der Waals surface area contributed by atoms with Gasteiger partial charge in [0.15, 0.2) is 0 Å². The van der Waals surface area contributed by atoms with E-state index in [1.807, 2.05) is 13.8 Å². The van der Waals surface area contributed by atoms with E-state index in [9.17, 15) is 14.4 Å². The van der Waals surface area contributed by atoms with E-state index < -0.39 is 11.8 Å². The number of amides is 3. The molecule has 1 saturated heterocycles. The van der Waals surface area contributed by atoms with Crippen LogP contribution in [0.3, 0.4) is 0 Å². The van der Waals surface area contributed by atoms with Crippen molar-refractivity contribution in [1.82, 2.24) is 4.90 Å². The van der Waals surface area contributed by atoms with Crippen LogP contribution in [-0.4, -0.2) is 39.5 Å². The largest absolute Gasteiger partial charge is 0.323 e. The number of thioether (sulfide) groups is 1. The van der Waals surface area contributed by atoms with Crippen molar-refractivity contribution in [2.45, 2.75) is 26.3 Å². The maximum atomic E-state index is 13.4. The molecule has 164 valence electrons. The Labute approximate surface area is 200 Å². The highest BCUT2D eigenvalue weighted by Gasteiger charge is 2.43. The normalized spacial score (nSPS) is 18.9. The lowest BCUT2D eigenvalue weighted by molar-refractivity contribution is -0.123. The molecule has 2 heterocycles. The number of rotatable bonds is 5. The highest BCUT2D eigenvalue weighted by Crippen LogP contribution is 2.45. The molecule has 2 aliphatic heterocycles. The Kier molecular flexibility index (Phi) is 6.37. The first-order valence-electron chi connectivity index (χ1n) is 10.1. The fourth-order valence-electron chi connectivity index (χ4n) is 3.65. The minimum absolute atomic E-state index is 0.0650. The van der Waals surface area contributed by atoms with Crippen LogP contribution < -0.4 is 10.2 Å². The molecule has 0 spiro atoms. The molecule has 2 aliphatic rings. The lowest BCUT2D eigenvalue weighted by Crippen LogP contribution is -2.37. The molecule has 0 bridgehead atoms. The number of benzene rings is 2. The second-order valence-corrected chi connectivity index (χ2v) is 9.49. The van der Waals surface area contributed by atoms with Gasteiger partial charge in [0.05, 0.1) is 26.9 Å². The molecule has 0 aromatic heterocycles. The molecule has 1 atom stereocenters. The zero-order valence-corrected chi connectivity index (χ0v) is 19.8. The lowest BCUT2D eigenvalue weighted by atomic mass is 10.1. The zero-order valence-electron chi connectivity index (χ0n) is 17.4. The summed E-state index contributed by atoms with van der Waals surface area (Å²) in [6, 6.07) is 14.0. The predicted octanol–water partition coefficient (Wildman–Crippen LogP) is 4.70. The summed E-state index contributed by atoms with van der Waals surface area (Å²) in [7, 11) is 0. The summed E-state index contributed by atoms with van der Waals surface area (Å²) in [5.41, 5.74) is 1.95. The van der Waals surface area contributed by atoms with Crippen LogP contribution in [-0.2, 0) is 14.4 Å². The Balaban J connectivity index is 1.67. The van der Waals surface area contributed by atoms with E-state index in [0.29, 0.717) is 31.2 Å². The minimum Gasteiger partial charge on any atom is -0.323 e. The zero-order chi connectivity index (χ0) is 23.0. The van der Waals surface area contributed by atoms with Gasteiger partial charge in [-0.3, -0.25) is 24.2 Å². The molecule has 2 aromatic carbocycles. The summed E-state index contributed by atoms with van der Waals surface area (Å²) >= 11 is 12.7. The Morgan fingerprint density at radius 3 is 2.53 bits per heavy atom. The molecule has 0 radical (unpaired) electrons. The lowest BCUT2D eigenvalue weighted by Gasteiger charge is -2.21. The smallest absolute Gasteiger partial charge is 0.267 e. The van der Waals surface area contributed by atoms with E-state index in [1.54, 1.807) is 53.4 Å². The van der Waals surface area contributed by atoms with Gasteiger partial charge in [-0.2, -0.15) is 0 Å². The molecule has 0 aliphatic carbocycles. The molecule has 1 fully saturated rings. The topological polar surface area (TPSA) is 69.7 Å². The summed E-state index contributed by atoms with van der Waals surface area (Å²) in [6.45, 7) is 3.69. The van der Waals surface area contributed by atoms with Crippen molar-refractivity contribution in [3.05, 3.63) is 64.0 Å².